The van der Waals surface area contributed by atoms with Gasteiger partial charge in [0, 0.05) is 27.6 Å². The van der Waals surface area contributed by atoms with Crippen LogP contribution in [0.25, 0.3) is 82.1 Å². The van der Waals surface area contributed by atoms with Gasteiger partial charge in [0.15, 0.2) is 0 Å². The van der Waals surface area contributed by atoms with Crippen molar-refractivity contribution in [1.82, 2.24) is 4.57 Å². The zero-order valence-corrected chi connectivity index (χ0v) is 30.9. The average Bonchev–Trinajstić information content (AvgIpc) is 3.77. The predicted octanol–water partition coefficient (Wildman–Crippen LogP) is 14.4. The second kappa shape index (κ2) is 11.3. The maximum Gasteiger partial charge on any atom is 0.132 e. The molecule has 0 saturated heterocycles. The highest BCUT2D eigenvalue weighted by atomic mass is 16.5. The minimum Gasteiger partial charge on any atom is -0.457 e. The lowest BCUT2D eigenvalue weighted by atomic mass is 9.66. The molecule has 2 nitrogen and oxygen atoms in total. The van der Waals surface area contributed by atoms with Crippen molar-refractivity contribution in [2.45, 2.75) is 5.41 Å². The molecule has 1 spiro atoms. The summed E-state index contributed by atoms with van der Waals surface area (Å²) in [4.78, 5) is 0. The molecule has 0 bridgehead atoms. The Morgan fingerprint density at radius 1 is 0.316 bits per heavy atom. The molecule has 11 aromatic rings. The van der Waals surface area contributed by atoms with E-state index in [-0.39, 0.29) is 0 Å². The van der Waals surface area contributed by atoms with E-state index in [0.29, 0.717) is 0 Å². The number of fused-ring (bicyclic) bond motifs is 18. The Morgan fingerprint density at radius 2 is 0.825 bits per heavy atom. The van der Waals surface area contributed by atoms with Crippen LogP contribution in [0.15, 0.2) is 200 Å². The molecule has 0 fully saturated rings. The highest BCUT2D eigenvalue weighted by Gasteiger charge is 2.51. The lowest BCUT2D eigenvalue weighted by Gasteiger charge is -2.39. The Bertz CT molecular complexity index is 3430. The minimum absolute atomic E-state index is 0.501. The largest absolute Gasteiger partial charge is 0.457 e. The molecule has 0 radical (unpaired) electrons. The van der Waals surface area contributed by atoms with Gasteiger partial charge in [0.1, 0.15) is 11.5 Å². The van der Waals surface area contributed by atoms with E-state index in [1.54, 1.807) is 0 Å². The molecule has 0 amide bonds. The number of hydrogen-bond acceptors (Lipinski definition) is 1. The fraction of sp³-hybridized carbons (Fsp3) is 0.0182. The molecule has 2 heteroatoms. The van der Waals surface area contributed by atoms with Crippen molar-refractivity contribution < 1.29 is 4.74 Å². The molecular weight excluding hydrogens is 691 g/mol. The number of aromatic nitrogens is 1. The zero-order valence-electron chi connectivity index (χ0n) is 30.9. The van der Waals surface area contributed by atoms with E-state index in [2.05, 4.69) is 205 Å². The van der Waals surface area contributed by atoms with Gasteiger partial charge in [0.05, 0.1) is 16.4 Å². The van der Waals surface area contributed by atoms with Crippen molar-refractivity contribution in [3.63, 3.8) is 0 Å². The van der Waals surface area contributed by atoms with Gasteiger partial charge in [-0.05, 0) is 114 Å². The van der Waals surface area contributed by atoms with Gasteiger partial charge < -0.3 is 9.30 Å². The fourth-order valence-corrected chi connectivity index (χ4v) is 10.5. The van der Waals surface area contributed by atoms with Crippen molar-refractivity contribution in [2.75, 3.05) is 0 Å². The first-order valence-corrected chi connectivity index (χ1v) is 19.8. The van der Waals surface area contributed by atoms with Crippen LogP contribution in [0.1, 0.15) is 22.3 Å². The Morgan fingerprint density at radius 3 is 1.54 bits per heavy atom. The van der Waals surface area contributed by atoms with Crippen LogP contribution in [0.4, 0.5) is 0 Å². The van der Waals surface area contributed by atoms with Crippen LogP contribution in [0, 0.1) is 0 Å². The van der Waals surface area contributed by atoms with Crippen LogP contribution in [0.5, 0.6) is 11.5 Å². The maximum absolute atomic E-state index is 6.74. The number of nitrogens with zero attached hydrogens (tertiary/aromatic N) is 1. The summed E-state index contributed by atoms with van der Waals surface area (Å²) in [7, 11) is 0. The molecule has 57 heavy (non-hydrogen) atoms. The Hall–Kier alpha value is -7.42. The number of hydrogen-bond donors (Lipinski definition) is 0. The third-order valence-corrected chi connectivity index (χ3v) is 12.8. The molecule has 0 N–H and O–H groups in total. The molecule has 1 aliphatic carbocycles. The Balaban J connectivity index is 1.03. The summed E-state index contributed by atoms with van der Waals surface area (Å²) in [6.45, 7) is 0. The van der Waals surface area contributed by atoms with Crippen LogP contribution in [-0.4, -0.2) is 4.57 Å². The second-order valence-electron chi connectivity index (χ2n) is 15.6. The normalized spacial score (nSPS) is 13.5. The minimum atomic E-state index is -0.501. The lowest BCUT2D eigenvalue weighted by molar-refractivity contribution is 0.436. The molecular formula is C55H33NO. The molecule has 264 valence electrons. The van der Waals surface area contributed by atoms with Crippen molar-refractivity contribution in [3.8, 4) is 39.4 Å². The molecule has 2 heterocycles. The van der Waals surface area contributed by atoms with Gasteiger partial charge in [0.25, 0.3) is 0 Å². The Labute approximate surface area is 329 Å². The van der Waals surface area contributed by atoms with Gasteiger partial charge in [-0.2, -0.15) is 0 Å². The van der Waals surface area contributed by atoms with E-state index >= 15 is 0 Å². The van der Waals surface area contributed by atoms with E-state index in [1.807, 2.05) is 0 Å². The third-order valence-electron chi connectivity index (χ3n) is 12.8. The van der Waals surface area contributed by atoms with Gasteiger partial charge in [-0.25, -0.2) is 0 Å². The summed E-state index contributed by atoms with van der Waals surface area (Å²) in [5.41, 5.74) is 12.9. The van der Waals surface area contributed by atoms with Crippen molar-refractivity contribution >= 4 is 54.1 Å². The first-order valence-electron chi connectivity index (χ1n) is 19.8. The zero-order chi connectivity index (χ0) is 37.2. The number of benzene rings is 10. The van der Waals surface area contributed by atoms with Crippen LogP contribution in [0.3, 0.4) is 0 Å². The summed E-state index contributed by atoms with van der Waals surface area (Å²) >= 11 is 0. The Kier molecular flexibility index (Phi) is 6.13. The topological polar surface area (TPSA) is 14.2 Å². The van der Waals surface area contributed by atoms with Gasteiger partial charge >= 0.3 is 0 Å². The molecule has 1 aromatic heterocycles. The fourth-order valence-electron chi connectivity index (χ4n) is 10.5. The van der Waals surface area contributed by atoms with E-state index < -0.39 is 5.41 Å². The van der Waals surface area contributed by atoms with Gasteiger partial charge in [-0.15, -0.1) is 0 Å². The lowest BCUT2D eigenvalue weighted by Crippen LogP contribution is -2.32. The van der Waals surface area contributed by atoms with Crippen molar-refractivity contribution in [2.24, 2.45) is 0 Å². The third kappa shape index (κ3) is 4.04. The molecule has 1 aliphatic heterocycles. The number of ether oxygens (including phenoxy) is 1. The molecule has 13 rings (SSSR count). The highest BCUT2D eigenvalue weighted by Crippen LogP contribution is 2.62. The number of para-hydroxylation sites is 2. The quantitative estimate of drug-likeness (QED) is 0.162. The summed E-state index contributed by atoms with van der Waals surface area (Å²) < 4.78 is 9.18. The van der Waals surface area contributed by atoms with E-state index in [4.69, 9.17) is 4.74 Å². The van der Waals surface area contributed by atoms with Crippen LogP contribution >= 0.6 is 0 Å². The smallest absolute Gasteiger partial charge is 0.132 e. The summed E-state index contributed by atoms with van der Waals surface area (Å²) in [6.07, 6.45) is 0. The molecule has 0 saturated carbocycles. The van der Waals surface area contributed by atoms with Crippen molar-refractivity contribution in [1.29, 1.82) is 0 Å². The molecule has 0 unspecified atom stereocenters. The average molecular weight is 724 g/mol. The first kappa shape index (κ1) is 30.9. The maximum atomic E-state index is 6.74. The molecule has 2 aliphatic rings. The van der Waals surface area contributed by atoms with E-state index in [0.717, 1.165) is 17.2 Å². The number of rotatable bonds is 2. The van der Waals surface area contributed by atoms with Gasteiger partial charge in [-0.1, -0.05) is 152 Å². The van der Waals surface area contributed by atoms with Crippen LogP contribution in [-0.2, 0) is 5.41 Å². The predicted molar refractivity (Wildman–Crippen MR) is 236 cm³/mol. The van der Waals surface area contributed by atoms with E-state index in [9.17, 15) is 0 Å². The standard InChI is InChI=1S/C55H33NO/c1-2-15-39-37(13-1)38-14-3-4-16-40(38)45-33-36(27-28-41(39)45)56-51-23-11-7-19-44(51)46-31-34(25-29-52(46)56)35-26-30-54-50(32-35)55(49-22-10-12-24-53(49)57-54)47-20-8-5-17-42(47)43-18-6-9-21-48(43)55/h1-33H. The van der Waals surface area contributed by atoms with Crippen LogP contribution in [0.2, 0.25) is 0 Å². The van der Waals surface area contributed by atoms with Crippen molar-refractivity contribution in [3.05, 3.63) is 222 Å². The first-order chi connectivity index (χ1) is 28.3. The van der Waals surface area contributed by atoms with Gasteiger partial charge in [0.2, 0.25) is 0 Å². The monoisotopic (exact) mass is 723 g/mol. The summed E-state index contributed by atoms with van der Waals surface area (Å²) in [5.74, 6) is 1.81. The highest BCUT2D eigenvalue weighted by molar-refractivity contribution is 6.25. The van der Waals surface area contributed by atoms with E-state index in [1.165, 1.54) is 98.6 Å². The van der Waals surface area contributed by atoms with Crippen LogP contribution < -0.4 is 4.74 Å². The molecule has 10 aromatic carbocycles. The summed E-state index contributed by atoms with van der Waals surface area (Å²) in [5, 5.41) is 10.2. The SMILES string of the molecule is c1ccc2c(c1)Oc1ccc(-c3ccc4c(c3)c3ccccc3n4-c3ccc4c5ccccc5c5ccccc5c4c3)cc1C21c2ccccc2-c2ccccc21. The molecule has 0 atom stereocenters. The summed E-state index contributed by atoms with van der Waals surface area (Å²) in [6, 6.07) is 73.7. The second-order valence-corrected chi connectivity index (χ2v) is 15.6. The van der Waals surface area contributed by atoms with Gasteiger partial charge in [-0.3, -0.25) is 0 Å².